The number of piperazine rings is 1. The van der Waals surface area contributed by atoms with Gasteiger partial charge in [0.05, 0.1) is 7.11 Å². The Hall–Kier alpha value is -1.26. The zero-order chi connectivity index (χ0) is 15.2. The molecule has 1 fully saturated rings. The molecule has 0 amide bonds. The maximum atomic E-state index is 10.4. The predicted molar refractivity (Wildman–Crippen MR) is 85.9 cm³/mol. The summed E-state index contributed by atoms with van der Waals surface area (Å²) in [4.78, 5) is 2.49. The van der Waals surface area contributed by atoms with Gasteiger partial charge in [0.15, 0.2) is 0 Å². The van der Waals surface area contributed by atoms with Gasteiger partial charge in [-0.1, -0.05) is 19.9 Å². The van der Waals surface area contributed by atoms with E-state index in [0.29, 0.717) is 23.5 Å². The molecular weight excluding hydrogens is 264 g/mol. The summed E-state index contributed by atoms with van der Waals surface area (Å²) in [7, 11) is 1.63. The van der Waals surface area contributed by atoms with Crippen LogP contribution in [0.5, 0.6) is 11.5 Å². The Bertz CT molecular complexity index is 442. The molecule has 2 rings (SSSR count). The second-order valence-corrected chi connectivity index (χ2v) is 6.20. The SMILES string of the molecule is COc1ccc([C@H](CCC(C)C)N2CCNCC2)c(O)c1. The molecule has 1 saturated heterocycles. The molecule has 4 nitrogen and oxygen atoms in total. The molecular formula is C17H28N2O2. The fourth-order valence-electron chi connectivity index (χ4n) is 2.95. The van der Waals surface area contributed by atoms with E-state index in [-0.39, 0.29) is 0 Å². The molecule has 0 aromatic heterocycles. The van der Waals surface area contributed by atoms with Crippen LogP contribution in [0.4, 0.5) is 0 Å². The van der Waals surface area contributed by atoms with Crippen LogP contribution in [-0.2, 0) is 0 Å². The van der Waals surface area contributed by atoms with Crippen LogP contribution in [0.3, 0.4) is 0 Å². The van der Waals surface area contributed by atoms with E-state index in [0.717, 1.165) is 38.2 Å². The first kappa shape index (κ1) is 16.1. The number of phenolic OH excluding ortho intramolecular Hbond substituents is 1. The van der Waals surface area contributed by atoms with Crippen molar-refractivity contribution in [2.75, 3.05) is 33.3 Å². The number of rotatable bonds is 6. The lowest BCUT2D eigenvalue weighted by molar-refractivity contribution is 0.157. The Morgan fingerprint density at radius 2 is 1.95 bits per heavy atom. The zero-order valence-corrected chi connectivity index (χ0v) is 13.4. The number of ether oxygens (including phenoxy) is 1. The fourth-order valence-corrected chi connectivity index (χ4v) is 2.95. The number of benzene rings is 1. The van der Waals surface area contributed by atoms with Crippen LogP contribution in [0.25, 0.3) is 0 Å². The molecule has 4 heteroatoms. The number of nitrogens with zero attached hydrogens (tertiary/aromatic N) is 1. The lowest BCUT2D eigenvalue weighted by atomic mass is 9.95. The van der Waals surface area contributed by atoms with Crippen LogP contribution in [0.1, 0.15) is 38.3 Å². The van der Waals surface area contributed by atoms with E-state index in [1.165, 1.54) is 6.42 Å². The van der Waals surface area contributed by atoms with Gasteiger partial charge in [0.1, 0.15) is 11.5 Å². The van der Waals surface area contributed by atoms with Gasteiger partial charge in [-0.25, -0.2) is 0 Å². The van der Waals surface area contributed by atoms with Crippen LogP contribution in [-0.4, -0.2) is 43.3 Å². The zero-order valence-electron chi connectivity index (χ0n) is 13.4. The Labute approximate surface area is 128 Å². The molecule has 118 valence electrons. The molecule has 1 aliphatic rings. The van der Waals surface area contributed by atoms with Gasteiger partial charge in [-0.2, -0.15) is 0 Å². The summed E-state index contributed by atoms with van der Waals surface area (Å²) >= 11 is 0. The third-order valence-corrected chi connectivity index (χ3v) is 4.21. The van der Waals surface area contributed by atoms with Gasteiger partial charge in [0.25, 0.3) is 0 Å². The van der Waals surface area contributed by atoms with Gasteiger partial charge in [-0.3, -0.25) is 4.90 Å². The molecule has 0 radical (unpaired) electrons. The maximum Gasteiger partial charge on any atom is 0.124 e. The number of nitrogens with one attached hydrogen (secondary N) is 1. The summed E-state index contributed by atoms with van der Waals surface area (Å²) in [5, 5.41) is 13.8. The molecule has 0 spiro atoms. The van der Waals surface area contributed by atoms with Gasteiger partial charge >= 0.3 is 0 Å². The molecule has 0 unspecified atom stereocenters. The monoisotopic (exact) mass is 292 g/mol. The van der Waals surface area contributed by atoms with E-state index in [9.17, 15) is 5.11 Å². The minimum Gasteiger partial charge on any atom is -0.507 e. The normalized spacial score (nSPS) is 17.9. The molecule has 0 aliphatic carbocycles. The van der Waals surface area contributed by atoms with Crippen LogP contribution < -0.4 is 10.1 Å². The van der Waals surface area contributed by atoms with Gasteiger partial charge in [0.2, 0.25) is 0 Å². The highest BCUT2D eigenvalue weighted by Gasteiger charge is 2.24. The van der Waals surface area contributed by atoms with E-state index in [4.69, 9.17) is 4.74 Å². The van der Waals surface area contributed by atoms with Crippen LogP contribution >= 0.6 is 0 Å². The number of methoxy groups -OCH3 is 1. The van der Waals surface area contributed by atoms with E-state index in [2.05, 4.69) is 24.1 Å². The lowest BCUT2D eigenvalue weighted by Gasteiger charge is -2.36. The number of hydrogen-bond acceptors (Lipinski definition) is 4. The van der Waals surface area contributed by atoms with Gasteiger partial charge < -0.3 is 15.2 Å². The van der Waals surface area contributed by atoms with E-state index >= 15 is 0 Å². The van der Waals surface area contributed by atoms with E-state index in [1.807, 2.05) is 12.1 Å². The topological polar surface area (TPSA) is 44.7 Å². The third kappa shape index (κ3) is 4.35. The van der Waals surface area contributed by atoms with Crippen molar-refractivity contribution >= 4 is 0 Å². The van der Waals surface area contributed by atoms with Crippen LogP contribution in [0, 0.1) is 5.92 Å². The molecule has 1 aromatic rings. The minimum atomic E-state index is 0.292. The molecule has 0 saturated carbocycles. The third-order valence-electron chi connectivity index (χ3n) is 4.21. The van der Waals surface area contributed by atoms with E-state index in [1.54, 1.807) is 13.2 Å². The molecule has 1 aromatic carbocycles. The highest BCUT2D eigenvalue weighted by atomic mass is 16.5. The minimum absolute atomic E-state index is 0.292. The number of hydrogen-bond donors (Lipinski definition) is 2. The van der Waals surface area contributed by atoms with Crippen molar-refractivity contribution in [2.24, 2.45) is 5.92 Å². The summed E-state index contributed by atoms with van der Waals surface area (Å²) in [5.41, 5.74) is 1.03. The average molecular weight is 292 g/mol. The van der Waals surface area contributed by atoms with Crippen molar-refractivity contribution in [3.8, 4) is 11.5 Å². The first-order valence-electron chi connectivity index (χ1n) is 7.93. The van der Waals surface area contributed by atoms with Crippen LogP contribution in [0.2, 0.25) is 0 Å². The van der Waals surface area contributed by atoms with Gasteiger partial charge in [-0.15, -0.1) is 0 Å². The summed E-state index contributed by atoms with van der Waals surface area (Å²) in [6, 6.07) is 5.97. The summed E-state index contributed by atoms with van der Waals surface area (Å²) < 4.78 is 5.19. The molecule has 21 heavy (non-hydrogen) atoms. The van der Waals surface area contributed by atoms with Crippen molar-refractivity contribution in [1.82, 2.24) is 10.2 Å². The second kappa shape index (κ2) is 7.66. The second-order valence-electron chi connectivity index (χ2n) is 6.20. The van der Waals surface area contributed by atoms with Crippen molar-refractivity contribution < 1.29 is 9.84 Å². The van der Waals surface area contributed by atoms with Crippen molar-refractivity contribution in [3.05, 3.63) is 23.8 Å². The molecule has 1 heterocycles. The number of phenols is 1. The summed E-state index contributed by atoms with van der Waals surface area (Å²) in [6.07, 6.45) is 2.25. The smallest absolute Gasteiger partial charge is 0.124 e. The fraction of sp³-hybridized carbons (Fsp3) is 0.647. The first-order chi connectivity index (χ1) is 10.1. The Morgan fingerprint density at radius 1 is 1.24 bits per heavy atom. The van der Waals surface area contributed by atoms with Crippen molar-refractivity contribution in [1.29, 1.82) is 0 Å². The number of aromatic hydroxyl groups is 1. The lowest BCUT2D eigenvalue weighted by Crippen LogP contribution is -2.45. The maximum absolute atomic E-state index is 10.4. The highest BCUT2D eigenvalue weighted by molar-refractivity contribution is 5.41. The highest BCUT2D eigenvalue weighted by Crippen LogP contribution is 2.35. The molecule has 1 atom stereocenters. The molecule has 0 bridgehead atoms. The Morgan fingerprint density at radius 3 is 2.52 bits per heavy atom. The summed E-state index contributed by atoms with van der Waals surface area (Å²) in [5.74, 6) is 1.73. The predicted octanol–water partition coefficient (Wildman–Crippen LogP) is 2.78. The van der Waals surface area contributed by atoms with Crippen molar-refractivity contribution in [3.63, 3.8) is 0 Å². The largest absolute Gasteiger partial charge is 0.507 e. The van der Waals surface area contributed by atoms with Gasteiger partial charge in [0, 0.05) is 43.9 Å². The molecule has 1 aliphatic heterocycles. The van der Waals surface area contributed by atoms with E-state index < -0.39 is 0 Å². The molecule has 2 N–H and O–H groups in total. The quantitative estimate of drug-likeness (QED) is 0.846. The summed E-state index contributed by atoms with van der Waals surface area (Å²) in [6.45, 7) is 8.62. The standard InChI is InChI=1S/C17H28N2O2/c1-13(2)4-7-16(19-10-8-18-9-11-19)15-6-5-14(21-3)12-17(15)20/h5-6,12-13,16,18,20H,4,7-11H2,1-3H3/t16-/m0/s1. The van der Waals surface area contributed by atoms with Gasteiger partial charge in [-0.05, 0) is 24.8 Å². The Kier molecular flexibility index (Phi) is 5.88. The Balaban J connectivity index is 2.20. The van der Waals surface area contributed by atoms with Crippen molar-refractivity contribution in [2.45, 2.75) is 32.7 Å². The average Bonchev–Trinajstić information content (AvgIpc) is 2.49. The van der Waals surface area contributed by atoms with Crippen LogP contribution in [0.15, 0.2) is 18.2 Å². The first-order valence-corrected chi connectivity index (χ1v) is 7.93.